The molecule has 0 radical (unpaired) electrons. The van der Waals surface area contributed by atoms with Crippen molar-refractivity contribution in [2.24, 2.45) is 0 Å². The summed E-state index contributed by atoms with van der Waals surface area (Å²) in [7, 11) is 0. The summed E-state index contributed by atoms with van der Waals surface area (Å²) in [6.07, 6.45) is 63.4. The molecule has 1 amide bonds. The van der Waals surface area contributed by atoms with Crippen molar-refractivity contribution >= 4 is 11.9 Å². The number of carbonyl (C=O) groups is 2. The second kappa shape index (κ2) is 56.3. The SMILES string of the molecule is CC/C=C\C/C=C\C/C=C\C/C=C\C/C=C\CCCCCCCCCCCCC(O)C(=O)NC(COC1OC(CO)C(O)C(O)C1OC(=O)CCCCC/C=C\CCCCCCCC)C(O)/C=C/CCCCCCCCCCCC. The number of hydrogen-bond donors (Lipinski definition) is 6. The monoisotopic (exact) mass is 1120 g/mol. The summed E-state index contributed by atoms with van der Waals surface area (Å²) < 4.78 is 17.6. The average Bonchev–Trinajstić information content (AvgIpc) is 3.51. The second-order valence-electron chi connectivity index (χ2n) is 22.5. The maximum absolute atomic E-state index is 13.5. The number of amides is 1. The van der Waals surface area contributed by atoms with E-state index >= 15 is 0 Å². The molecule has 1 aliphatic heterocycles. The molecule has 462 valence electrons. The Kier molecular flexibility index (Phi) is 52.7. The summed E-state index contributed by atoms with van der Waals surface area (Å²) in [4.78, 5) is 26.5. The van der Waals surface area contributed by atoms with Gasteiger partial charge in [0.25, 0.3) is 0 Å². The van der Waals surface area contributed by atoms with Crippen LogP contribution in [0.25, 0.3) is 0 Å². The van der Waals surface area contributed by atoms with Gasteiger partial charge >= 0.3 is 5.97 Å². The fourth-order valence-electron chi connectivity index (χ4n) is 9.85. The van der Waals surface area contributed by atoms with Crippen LogP contribution in [0.5, 0.6) is 0 Å². The Morgan fingerprint density at radius 3 is 1.36 bits per heavy atom. The summed E-state index contributed by atoms with van der Waals surface area (Å²) in [5, 5.41) is 57.0. The summed E-state index contributed by atoms with van der Waals surface area (Å²) in [5.41, 5.74) is 0. The number of carbonyl (C=O) groups excluding carboxylic acids is 2. The Labute approximate surface area is 489 Å². The lowest BCUT2D eigenvalue weighted by Crippen LogP contribution is -2.61. The van der Waals surface area contributed by atoms with Gasteiger partial charge in [0.05, 0.1) is 25.4 Å². The molecule has 0 saturated carbocycles. The zero-order chi connectivity index (χ0) is 58.2. The minimum absolute atomic E-state index is 0.101. The van der Waals surface area contributed by atoms with Gasteiger partial charge in [0.1, 0.15) is 24.4 Å². The van der Waals surface area contributed by atoms with Crippen LogP contribution in [0, 0.1) is 0 Å². The van der Waals surface area contributed by atoms with Crippen molar-refractivity contribution < 1.29 is 49.3 Å². The predicted octanol–water partition coefficient (Wildman–Crippen LogP) is 16.1. The molecule has 0 bridgehead atoms. The summed E-state index contributed by atoms with van der Waals surface area (Å²) >= 11 is 0. The van der Waals surface area contributed by atoms with Crippen molar-refractivity contribution in [2.45, 2.75) is 327 Å². The molecule has 0 aromatic heterocycles. The van der Waals surface area contributed by atoms with Gasteiger partial charge in [-0.1, -0.05) is 260 Å². The first kappa shape index (κ1) is 74.9. The number of allylic oxidation sites excluding steroid dienone is 13. The average molecular weight is 1120 g/mol. The van der Waals surface area contributed by atoms with E-state index in [-0.39, 0.29) is 19.4 Å². The van der Waals surface area contributed by atoms with Crippen molar-refractivity contribution in [2.75, 3.05) is 13.2 Å². The molecule has 1 aliphatic rings. The highest BCUT2D eigenvalue weighted by Gasteiger charge is 2.47. The van der Waals surface area contributed by atoms with Crippen LogP contribution in [-0.2, 0) is 23.8 Å². The first-order valence-electron chi connectivity index (χ1n) is 32.9. The molecule has 1 rings (SSSR count). The molecule has 80 heavy (non-hydrogen) atoms. The van der Waals surface area contributed by atoms with Gasteiger partial charge in [-0.05, 0) is 96.3 Å². The van der Waals surface area contributed by atoms with Crippen LogP contribution < -0.4 is 5.32 Å². The number of aliphatic hydroxyl groups excluding tert-OH is 5. The third-order valence-electron chi connectivity index (χ3n) is 15.0. The smallest absolute Gasteiger partial charge is 0.306 e. The largest absolute Gasteiger partial charge is 0.454 e. The first-order valence-corrected chi connectivity index (χ1v) is 32.9. The Morgan fingerprint density at radius 1 is 0.500 bits per heavy atom. The number of aliphatic hydroxyl groups is 5. The van der Waals surface area contributed by atoms with Crippen LogP contribution in [0.3, 0.4) is 0 Å². The van der Waals surface area contributed by atoms with Gasteiger partial charge in [0, 0.05) is 6.42 Å². The van der Waals surface area contributed by atoms with Crippen LogP contribution in [0.1, 0.15) is 278 Å². The van der Waals surface area contributed by atoms with Gasteiger partial charge in [-0.15, -0.1) is 0 Å². The highest BCUT2D eigenvalue weighted by Crippen LogP contribution is 2.26. The topological polar surface area (TPSA) is 175 Å². The van der Waals surface area contributed by atoms with E-state index in [1.165, 1.54) is 128 Å². The third-order valence-corrected chi connectivity index (χ3v) is 15.0. The molecule has 0 aromatic rings. The van der Waals surface area contributed by atoms with Gasteiger partial charge in [0.2, 0.25) is 5.91 Å². The third kappa shape index (κ3) is 43.5. The lowest BCUT2D eigenvalue weighted by molar-refractivity contribution is -0.305. The highest BCUT2D eigenvalue weighted by atomic mass is 16.7. The molecule has 8 atom stereocenters. The summed E-state index contributed by atoms with van der Waals surface area (Å²) in [6, 6.07) is -1.03. The van der Waals surface area contributed by atoms with E-state index in [1.807, 2.05) is 6.08 Å². The molecule has 1 saturated heterocycles. The minimum Gasteiger partial charge on any atom is -0.454 e. The summed E-state index contributed by atoms with van der Waals surface area (Å²) in [5.74, 6) is -1.21. The molecule has 6 N–H and O–H groups in total. The Bertz CT molecular complexity index is 1620. The quantitative estimate of drug-likeness (QED) is 0.0195. The lowest BCUT2D eigenvalue weighted by atomic mass is 9.99. The van der Waals surface area contributed by atoms with Crippen LogP contribution in [0.4, 0.5) is 0 Å². The van der Waals surface area contributed by atoms with Crippen molar-refractivity contribution in [1.82, 2.24) is 5.32 Å². The standard InChI is InChI=1S/C69H121NO10/c1-4-7-10-13-16-19-22-25-26-27-28-29-30-31-32-33-34-35-36-37-39-41-44-47-50-53-56-62(73)68(77)70-60(61(72)55-52-49-46-43-40-24-21-18-15-12-9-6-3)59-78-69-67(66(76)65(75)63(58-71)79-69)80-64(74)57-54-51-48-45-42-38-23-20-17-14-11-8-5-2/h7,10,16,19,25-26,28-29,31-32,38,42,52,55,60-63,65-67,69,71-73,75-76H,4-6,8-9,11-15,17-18,20-24,27,30,33-37,39-41,43-51,53-54,56-59H2,1-3H3,(H,70,77)/b10-7-,19-16-,26-25-,29-28-,32-31-,42-38-,55-52+. The predicted molar refractivity (Wildman–Crippen MR) is 333 cm³/mol. The van der Waals surface area contributed by atoms with Gasteiger partial charge in [-0.2, -0.15) is 0 Å². The Balaban J connectivity index is 2.60. The van der Waals surface area contributed by atoms with Crippen molar-refractivity contribution in [3.05, 3.63) is 85.1 Å². The molecule has 11 heteroatoms. The maximum Gasteiger partial charge on any atom is 0.306 e. The van der Waals surface area contributed by atoms with E-state index in [0.717, 1.165) is 103 Å². The zero-order valence-corrected chi connectivity index (χ0v) is 51.2. The molecule has 0 spiro atoms. The number of hydrogen-bond acceptors (Lipinski definition) is 10. The van der Waals surface area contributed by atoms with E-state index in [2.05, 4.69) is 99.0 Å². The van der Waals surface area contributed by atoms with Gasteiger partial charge < -0.3 is 45.1 Å². The van der Waals surface area contributed by atoms with E-state index < -0.39 is 67.4 Å². The van der Waals surface area contributed by atoms with Crippen molar-refractivity contribution in [1.29, 1.82) is 0 Å². The molecule has 0 aromatic carbocycles. The molecule has 1 fully saturated rings. The molecule has 8 unspecified atom stereocenters. The van der Waals surface area contributed by atoms with E-state index in [9.17, 15) is 35.1 Å². The number of nitrogens with one attached hydrogen (secondary N) is 1. The molecular formula is C69H121NO10. The summed E-state index contributed by atoms with van der Waals surface area (Å²) in [6.45, 7) is 5.66. The van der Waals surface area contributed by atoms with Gasteiger partial charge in [0.15, 0.2) is 12.4 Å². The Morgan fingerprint density at radius 2 is 0.900 bits per heavy atom. The highest BCUT2D eigenvalue weighted by molar-refractivity contribution is 5.80. The molecule has 0 aliphatic carbocycles. The number of unbranched alkanes of at least 4 members (excludes halogenated alkanes) is 29. The van der Waals surface area contributed by atoms with Crippen LogP contribution in [-0.4, -0.2) is 99.6 Å². The Hall–Kier alpha value is -3.16. The fourth-order valence-corrected chi connectivity index (χ4v) is 9.85. The molecular weight excluding hydrogens is 1000 g/mol. The molecule has 11 nitrogen and oxygen atoms in total. The zero-order valence-electron chi connectivity index (χ0n) is 51.2. The fraction of sp³-hybridized carbons (Fsp3) is 0.768. The van der Waals surface area contributed by atoms with Gasteiger partial charge in [-0.25, -0.2) is 0 Å². The van der Waals surface area contributed by atoms with Crippen molar-refractivity contribution in [3.63, 3.8) is 0 Å². The normalized spacial score (nSPS) is 19.3. The van der Waals surface area contributed by atoms with Crippen LogP contribution in [0.2, 0.25) is 0 Å². The molecule has 1 heterocycles. The minimum atomic E-state index is -1.62. The van der Waals surface area contributed by atoms with E-state index in [4.69, 9.17) is 14.2 Å². The second-order valence-corrected chi connectivity index (χ2v) is 22.5. The first-order chi connectivity index (χ1) is 39.2. The number of rotatable bonds is 55. The van der Waals surface area contributed by atoms with E-state index in [0.29, 0.717) is 12.8 Å². The van der Waals surface area contributed by atoms with E-state index in [1.54, 1.807) is 6.08 Å². The van der Waals surface area contributed by atoms with Crippen LogP contribution >= 0.6 is 0 Å². The van der Waals surface area contributed by atoms with Gasteiger partial charge in [-0.3, -0.25) is 9.59 Å². The lowest BCUT2D eigenvalue weighted by Gasteiger charge is -2.41. The number of esters is 1. The van der Waals surface area contributed by atoms with Crippen LogP contribution in [0.15, 0.2) is 85.1 Å². The number of ether oxygens (including phenoxy) is 3. The van der Waals surface area contributed by atoms with Crippen molar-refractivity contribution in [3.8, 4) is 0 Å². The maximum atomic E-state index is 13.5.